The van der Waals surface area contributed by atoms with Crippen LogP contribution >= 0.6 is 0 Å². The molecule has 26 heavy (non-hydrogen) atoms. The maximum absolute atomic E-state index is 13.6. The summed E-state index contributed by atoms with van der Waals surface area (Å²) in [5, 5.41) is 5.29. The molecule has 0 radical (unpaired) electrons. The minimum Gasteiger partial charge on any atom is -0.467 e. The number of pyridine rings is 1. The number of halogens is 1. The number of furan rings is 1. The molecule has 0 fully saturated rings. The van der Waals surface area contributed by atoms with E-state index in [4.69, 9.17) is 4.42 Å². The van der Waals surface area contributed by atoms with Crippen molar-refractivity contribution in [1.82, 2.24) is 15.6 Å². The average molecular weight is 353 g/mol. The molecule has 2 amide bonds. The van der Waals surface area contributed by atoms with Gasteiger partial charge in [0.15, 0.2) is 0 Å². The number of hydrogen-bond donors (Lipinski definition) is 2. The molecule has 7 heteroatoms. The smallest absolute Gasteiger partial charge is 0.253 e. The minimum atomic E-state index is -0.443. The summed E-state index contributed by atoms with van der Waals surface area (Å²) >= 11 is 0. The zero-order chi connectivity index (χ0) is 18.4. The lowest BCUT2D eigenvalue weighted by Crippen LogP contribution is -2.25. The third-order valence-electron chi connectivity index (χ3n) is 3.66. The standard InChI is InChI=1S/C19H16FN3O3/c20-17-6-2-1-4-13(17)11-22-18(24)14-8-15(10-21-9-14)19(25)23-12-16-5-3-7-26-16/h1-10H,11-12H2,(H,22,24)(H,23,25). The Morgan fingerprint density at radius 3 is 2.31 bits per heavy atom. The number of nitrogens with zero attached hydrogens (tertiary/aromatic N) is 1. The summed E-state index contributed by atoms with van der Waals surface area (Å²) in [6, 6.07) is 11.1. The van der Waals surface area contributed by atoms with Gasteiger partial charge in [0.05, 0.1) is 23.9 Å². The monoisotopic (exact) mass is 353 g/mol. The van der Waals surface area contributed by atoms with Crippen LogP contribution in [0.1, 0.15) is 32.0 Å². The van der Waals surface area contributed by atoms with Gasteiger partial charge in [0.25, 0.3) is 11.8 Å². The van der Waals surface area contributed by atoms with Crippen LogP contribution in [0.5, 0.6) is 0 Å². The van der Waals surface area contributed by atoms with Crippen molar-refractivity contribution in [3.8, 4) is 0 Å². The third-order valence-corrected chi connectivity index (χ3v) is 3.66. The van der Waals surface area contributed by atoms with E-state index in [1.54, 1.807) is 30.3 Å². The second-order valence-corrected chi connectivity index (χ2v) is 5.50. The number of aromatic nitrogens is 1. The van der Waals surface area contributed by atoms with Crippen molar-refractivity contribution < 1.29 is 18.4 Å². The molecular formula is C19H16FN3O3. The Labute approximate surface area is 149 Å². The summed E-state index contributed by atoms with van der Waals surface area (Å²) in [5.41, 5.74) is 0.836. The highest BCUT2D eigenvalue weighted by Gasteiger charge is 2.12. The highest BCUT2D eigenvalue weighted by molar-refractivity contribution is 5.99. The molecular weight excluding hydrogens is 337 g/mol. The van der Waals surface area contributed by atoms with Crippen LogP contribution in [0.25, 0.3) is 0 Å². The molecule has 0 atom stereocenters. The molecule has 0 saturated carbocycles. The molecule has 0 aliphatic rings. The van der Waals surface area contributed by atoms with Crippen LogP contribution in [0, 0.1) is 5.82 Å². The van der Waals surface area contributed by atoms with Crippen LogP contribution in [0.4, 0.5) is 4.39 Å². The van der Waals surface area contributed by atoms with Crippen LogP contribution in [0.2, 0.25) is 0 Å². The van der Waals surface area contributed by atoms with Crippen molar-refractivity contribution in [2.75, 3.05) is 0 Å². The second-order valence-electron chi connectivity index (χ2n) is 5.50. The fourth-order valence-electron chi connectivity index (χ4n) is 2.29. The predicted molar refractivity (Wildman–Crippen MR) is 91.7 cm³/mol. The Hall–Kier alpha value is -3.48. The van der Waals surface area contributed by atoms with Gasteiger partial charge >= 0.3 is 0 Å². The zero-order valence-electron chi connectivity index (χ0n) is 13.7. The van der Waals surface area contributed by atoms with Crippen molar-refractivity contribution in [1.29, 1.82) is 0 Å². The average Bonchev–Trinajstić information content (AvgIpc) is 3.19. The Morgan fingerprint density at radius 2 is 1.65 bits per heavy atom. The molecule has 2 aromatic heterocycles. The lowest BCUT2D eigenvalue weighted by molar-refractivity contribution is 0.0947. The SMILES string of the molecule is O=C(NCc1ccco1)c1cncc(C(=O)NCc2ccccc2F)c1. The number of nitrogens with one attached hydrogen (secondary N) is 2. The topological polar surface area (TPSA) is 84.2 Å². The summed E-state index contributed by atoms with van der Waals surface area (Å²) in [7, 11) is 0. The highest BCUT2D eigenvalue weighted by Crippen LogP contribution is 2.08. The fourth-order valence-corrected chi connectivity index (χ4v) is 2.29. The first-order chi connectivity index (χ1) is 12.6. The van der Waals surface area contributed by atoms with Gasteiger partial charge in [-0.3, -0.25) is 14.6 Å². The Bertz CT molecular complexity index is 910. The van der Waals surface area contributed by atoms with Gasteiger partial charge in [-0.1, -0.05) is 18.2 Å². The molecule has 0 saturated heterocycles. The van der Waals surface area contributed by atoms with E-state index < -0.39 is 11.7 Å². The van der Waals surface area contributed by atoms with Crippen molar-refractivity contribution in [2.24, 2.45) is 0 Å². The molecule has 0 aliphatic carbocycles. The van der Waals surface area contributed by atoms with Gasteiger partial charge in [-0.05, 0) is 24.3 Å². The maximum Gasteiger partial charge on any atom is 0.253 e. The van der Waals surface area contributed by atoms with E-state index in [1.807, 2.05) is 0 Å². The van der Waals surface area contributed by atoms with Crippen LogP contribution in [-0.2, 0) is 13.1 Å². The molecule has 3 aromatic rings. The van der Waals surface area contributed by atoms with Gasteiger partial charge in [0.2, 0.25) is 0 Å². The van der Waals surface area contributed by atoms with Crippen LogP contribution in [0.3, 0.4) is 0 Å². The molecule has 2 N–H and O–H groups in total. The molecule has 2 heterocycles. The van der Waals surface area contributed by atoms with Crippen molar-refractivity contribution in [3.05, 3.63) is 89.4 Å². The molecule has 0 unspecified atom stereocenters. The molecule has 0 aliphatic heterocycles. The van der Waals surface area contributed by atoms with E-state index in [1.165, 1.54) is 30.8 Å². The largest absolute Gasteiger partial charge is 0.467 e. The van der Waals surface area contributed by atoms with Crippen LogP contribution < -0.4 is 10.6 Å². The van der Waals surface area contributed by atoms with Gasteiger partial charge in [0.1, 0.15) is 11.6 Å². The lowest BCUT2D eigenvalue weighted by Gasteiger charge is -2.08. The van der Waals surface area contributed by atoms with Gasteiger partial charge in [-0.25, -0.2) is 4.39 Å². The van der Waals surface area contributed by atoms with E-state index in [9.17, 15) is 14.0 Å². The first-order valence-electron chi connectivity index (χ1n) is 7.91. The number of benzene rings is 1. The quantitative estimate of drug-likeness (QED) is 0.714. The zero-order valence-corrected chi connectivity index (χ0v) is 13.7. The van der Waals surface area contributed by atoms with E-state index in [0.29, 0.717) is 11.3 Å². The summed E-state index contributed by atoms with van der Waals surface area (Å²) in [6.45, 7) is 0.274. The number of rotatable bonds is 6. The lowest BCUT2D eigenvalue weighted by atomic mass is 10.1. The highest BCUT2D eigenvalue weighted by atomic mass is 19.1. The molecule has 132 valence electrons. The minimum absolute atomic E-state index is 0.0421. The first kappa shape index (κ1) is 17.3. The number of hydrogen-bond acceptors (Lipinski definition) is 4. The van der Waals surface area contributed by atoms with E-state index in [-0.39, 0.29) is 30.1 Å². The third kappa shape index (κ3) is 4.32. The number of amides is 2. The fraction of sp³-hybridized carbons (Fsp3) is 0.105. The van der Waals surface area contributed by atoms with E-state index in [2.05, 4.69) is 15.6 Å². The molecule has 0 bridgehead atoms. The normalized spacial score (nSPS) is 10.3. The van der Waals surface area contributed by atoms with Gasteiger partial charge in [-0.2, -0.15) is 0 Å². The van der Waals surface area contributed by atoms with E-state index in [0.717, 1.165) is 0 Å². The van der Waals surface area contributed by atoms with Gasteiger partial charge in [0, 0.05) is 24.5 Å². The van der Waals surface area contributed by atoms with Crippen molar-refractivity contribution in [2.45, 2.75) is 13.1 Å². The second kappa shape index (κ2) is 8.06. The van der Waals surface area contributed by atoms with Gasteiger partial charge < -0.3 is 15.1 Å². The van der Waals surface area contributed by atoms with E-state index >= 15 is 0 Å². The maximum atomic E-state index is 13.6. The molecule has 3 rings (SSSR count). The Morgan fingerprint density at radius 1 is 0.962 bits per heavy atom. The van der Waals surface area contributed by atoms with Crippen LogP contribution in [-0.4, -0.2) is 16.8 Å². The van der Waals surface area contributed by atoms with Crippen molar-refractivity contribution >= 4 is 11.8 Å². The summed E-state index contributed by atoms with van der Waals surface area (Å²) in [5.74, 6) is -0.596. The summed E-state index contributed by atoms with van der Waals surface area (Å²) in [6.07, 6.45) is 4.23. The first-order valence-corrected chi connectivity index (χ1v) is 7.91. The van der Waals surface area contributed by atoms with Crippen LogP contribution in [0.15, 0.2) is 65.5 Å². The Kier molecular flexibility index (Phi) is 5.38. The Balaban J connectivity index is 1.61. The molecule has 1 aromatic carbocycles. The number of carbonyl (C=O) groups is 2. The summed E-state index contributed by atoms with van der Waals surface area (Å²) in [4.78, 5) is 28.3. The summed E-state index contributed by atoms with van der Waals surface area (Å²) < 4.78 is 18.7. The number of carbonyl (C=O) groups excluding carboxylic acids is 2. The molecule has 0 spiro atoms. The van der Waals surface area contributed by atoms with Crippen molar-refractivity contribution in [3.63, 3.8) is 0 Å². The predicted octanol–water partition coefficient (Wildman–Crippen LogP) is 2.67. The molecule has 6 nitrogen and oxygen atoms in total. The van der Waals surface area contributed by atoms with Gasteiger partial charge in [-0.15, -0.1) is 0 Å².